The van der Waals surface area contributed by atoms with Crippen LogP contribution in [0.2, 0.25) is 0 Å². The van der Waals surface area contributed by atoms with Crippen molar-refractivity contribution in [3.05, 3.63) is 35.4 Å². The van der Waals surface area contributed by atoms with E-state index >= 15 is 0 Å². The Hall–Kier alpha value is -1.39. The second kappa shape index (κ2) is 8.15. The SMILES string of the molecule is CC1CCN(Cc2ccc(CNC(=O)CCN)cc2)CC1. The fourth-order valence-corrected chi connectivity index (χ4v) is 2.66. The van der Waals surface area contributed by atoms with Gasteiger partial charge >= 0.3 is 0 Å². The molecule has 1 amide bonds. The van der Waals surface area contributed by atoms with Gasteiger partial charge in [0, 0.05) is 26.1 Å². The zero-order valence-electron chi connectivity index (χ0n) is 13.0. The molecule has 116 valence electrons. The highest BCUT2D eigenvalue weighted by molar-refractivity contribution is 5.76. The van der Waals surface area contributed by atoms with Crippen LogP contribution in [0.4, 0.5) is 0 Å². The van der Waals surface area contributed by atoms with Gasteiger partial charge < -0.3 is 11.1 Å². The van der Waals surface area contributed by atoms with Crippen LogP contribution in [0.5, 0.6) is 0 Å². The number of piperidine rings is 1. The van der Waals surface area contributed by atoms with Gasteiger partial charge in [0.25, 0.3) is 0 Å². The molecule has 1 aromatic rings. The summed E-state index contributed by atoms with van der Waals surface area (Å²) in [5.74, 6) is 0.893. The van der Waals surface area contributed by atoms with E-state index in [9.17, 15) is 4.79 Å². The Balaban J connectivity index is 1.77. The third-order valence-electron chi connectivity index (χ3n) is 4.17. The summed E-state index contributed by atoms with van der Waals surface area (Å²) < 4.78 is 0. The number of hydrogen-bond acceptors (Lipinski definition) is 3. The number of rotatable bonds is 6. The van der Waals surface area contributed by atoms with E-state index in [0.29, 0.717) is 19.5 Å². The van der Waals surface area contributed by atoms with Gasteiger partial charge in [0.2, 0.25) is 5.91 Å². The quantitative estimate of drug-likeness (QED) is 0.841. The van der Waals surface area contributed by atoms with Crippen molar-refractivity contribution in [3.8, 4) is 0 Å². The summed E-state index contributed by atoms with van der Waals surface area (Å²) >= 11 is 0. The van der Waals surface area contributed by atoms with E-state index in [0.717, 1.165) is 18.0 Å². The van der Waals surface area contributed by atoms with Gasteiger partial charge in [-0.25, -0.2) is 0 Å². The predicted octanol–water partition coefficient (Wildman–Crippen LogP) is 1.88. The van der Waals surface area contributed by atoms with Crippen molar-refractivity contribution in [2.45, 2.75) is 39.3 Å². The normalized spacial score (nSPS) is 16.9. The number of carbonyl (C=O) groups is 1. The lowest BCUT2D eigenvalue weighted by Crippen LogP contribution is -2.32. The fraction of sp³-hybridized carbons (Fsp3) is 0.588. The summed E-state index contributed by atoms with van der Waals surface area (Å²) in [6, 6.07) is 8.54. The summed E-state index contributed by atoms with van der Waals surface area (Å²) in [5.41, 5.74) is 7.83. The molecule has 1 fully saturated rings. The van der Waals surface area contributed by atoms with Crippen LogP contribution >= 0.6 is 0 Å². The highest BCUT2D eigenvalue weighted by atomic mass is 16.1. The minimum atomic E-state index is 0.0176. The summed E-state index contributed by atoms with van der Waals surface area (Å²) in [6.45, 7) is 6.77. The smallest absolute Gasteiger partial charge is 0.221 e. The van der Waals surface area contributed by atoms with E-state index in [2.05, 4.69) is 41.4 Å². The molecule has 4 heteroatoms. The zero-order chi connectivity index (χ0) is 15.1. The van der Waals surface area contributed by atoms with Crippen molar-refractivity contribution in [3.63, 3.8) is 0 Å². The van der Waals surface area contributed by atoms with Gasteiger partial charge in [0.15, 0.2) is 0 Å². The molecule has 3 N–H and O–H groups in total. The first-order chi connectivity index (χ1) is 10.2. The van der Waals surface area contributed by atoms with Crippen molar-refractivity contribution < 1.29 is 4.79 Å². The first-order valence-corrected chi connectivity index (χ1v) is 7.94. The molecule has 0 unspecified atom stereocenters. The molecule has 0 bridgehead atoms. The van der Waals surface area contributed by atoms with Gasteiger partial charge in [-0.15, -0.1) is 0 Å². The second-order valence-corrected chi connectivity index (χ2v) is 6.09. The molecule has 2 rings (SSSR count). The van der Waals surface area contributed by atoms with E-state index in [1.165, 1.54) is 31.5 Å². The van der Waals surface area contributed by atoms with Crippen molar-refractivity contribution in [1.82, 2.24) is 10.2 Å². The van der Waals surface area contributed by atoms with E-state index in [1.54, 1.807) is 0 Å². The minimum absolute atomic E-state index is 0.0176. The highest BCUT2D eigenvalue weighted by Gasteiger charge is 2.15. The summed E-state index contributed by atoms with van der Waals surface area (Å²) in [5, 5.41) is 2.88. The van der Waals surface area contributed by atoms with Crippen molar-refractivity contribution >= 4 is 5.91 Å². The van der Waals surface area contributed by atoms with Gasteiger partial charge in [-0.2, -0.15) is 0 Å². The molecular formula is C17H27N3O. The molecule has 1 heterocycles. The molecule has 1 aliphatic rings. The number of nitrogens with one attached hydrogen (secondary N) is 1. The number of amides is 1. The maximum absolute atomic E-state index is 11.4. The highest BCUT2D eigenvalue weighted by Crippen LogP contribution is 2.18. The molecule has 0 atom stereocenters. The van der Waals surface area contributed by atoms with Gasteiger partial charge in [-0.1, -0.05) is 31.2 Å². The molecule has 4 nitrogen and oxygen atoms in total. The molecule has 1 aromatic carbocycles. The second-order valence-electron chi connectivity index (χ2n) is 6.09. The maximum Gasteiger partial charge on any atom is 0.221 e. The molecule has 0 radical (unpaired) electrons. The number of hydrogen-bond donors (Lipinski definition) is 2. The lowest BCUT2D eigenvalue weighted by molar-refractivity contribution is -0.121. The average molecular weight is 289 g/mol. The van der Waals surface area contributed by atoms with Crippen molar-refractivity contribution in [2.75, 3.05) is 19.6 Å². The monoisotopic (exact) mass is 289 g/mol. The van der Waals surface area contributed by atoms with E-state index < -0.39 is 0 Å². The van der Waals surface area contributed by atoms with E-state index in [4.69, 9.17) is 5.73 Å². The molecule has 0 aromatic heterocycles. The molecule has 0 spiro atoms. The number of carbonyl (C=O) groups excluding carboxylic acids is 1. The van der Waals surface area contributed by atoms with Crippen molar-refractivity contribution in [1.29, 1.82) is 0 Å². The van der Waals surface area contributed by atoms with Crippen LogP contribution in [0, 0.1) is 5.92 Å². The van der Waals surface area contributed by atoms with Gasteiger partial charge in [-0.05, 0) is 43.0 Å². The first kappa shape index (κ1) is 16.0. The van der Waals surface area contributed by atoms with E-state index in [-0.39, 0.29) is 5.91 Å². The summed E-state index contributed by atoms with van der Waals surface area (Å²) in [6.07, 6.45) is 3.02. The number of nitrogens with two attached hydrogens (primary N) is 1. The molecule has 1 aliphatic heterocycles. The average Bonchev–Trinajstić information content (AvgIpc) is 2.49. The topological polar surface area (TPSA) is 58.4 Å². The lowest BCUT2D eigenvalue weighted by Gasteiger charge is -2.30. The van der Waals surface area contributed by atoms with Crippen LogP contribution in [0.25, 0.3) is 0 Å². The zero-order valence-corrected chi connectivity index (χ0v) is 13.0. The Morgan fingerprint density at radius 3 is 2.48 bits per heavy atom. The Labute approximate surface area is 127 Å². The predicted molar refractivity (Wildman–Crippen MR) is 85.6 cm³/mol. The van der Waals surface area contributed by atoms with E-state index in [1.807, 2.05) is 0 Å². The number of nitrogens with zero attached hydrogens (tertiary/aromatic N) is 1. The standard InChI is InChI=1S/C17H27N3O/c1-14-7-10-20(11-8-14)13-16-4-2-15(3-5-16)12-19-17(21)6-9-18/h2-5,14H,6-13,18H2,1H3,(H,19,21). The van der Waals surface area contributed by atoms with Crippen LogP contribution in [-0.4, -0.2) is 30.4 Å². The van der Waals surface area contributed by atoms with Crippen LogP contribution < -0.4 is 11.1 Å². The molecular weight excluding hydrogens is 262 g/mol. The van der Waals surface area contributed by atoms with Gasteiger partial charge in [0.1, 0.15) is 0 Å². The van der Waals surface area contributed by atoms with Crippen LogP contribution in [0.15, 0.2) is 24.3 Å². The third kappa shape index (κ3) is 5.48. The molecule has 1 saturated heterocycles. The Kier molecular flexibility index (Phi) is 6.21. The van der Waals surface area contributed by atoms with Crippen LogP contribution in [0.3, 0.4) is 0 Å². The molecule has 0 aliphatic carbocycles. The molecule has 0 saturated carbocycles. The van der Waals surface area contributed by atoms with Gasteiger partial charge in [0.05, 0.1) is 0 Å². The van der Waals surface area contributed by atoms with Crippen molar-refractivity contribution in [2.24, 2.45) is 11.7 Å². The molecule has 21 heavy (non-hydrogen) atoms. The number of benzene rings is 1. The van der Waals surface area contributed by atoms with Crippen LogP contribution in [-0.2, 0) is 17.9 Å². The third-order valence-corrected chi connectivity index (χ3v) is 4.17. The van der Waals surface area contributed by atoms with Crippen LogP contribution in [0.1, 0.15) is 37.3 Å². The Bertz CT molecular complexity index is 436. The van der Waals surface area contributed by atoms with Gasteiger partial charge in [-0.3, -0.25) is 9.69 Å². The first-order valence-electron chi connectivity index (χ1n) is 7.94. The fourth-order valence-electron chi connectivity index (χ4n) is 2.66. The summed E-state index contributed by atoms with van der Waals surface area (Å²) in [7, 11) is 0. The Morgan fingerprint density at radius 2 is 1.86 bits per heavy atom. The minimum Gasteiger partial charge on any atom is -0.352 e. The lowest BCUT2D eigenvalue weighted by atomic mass is 9.99. The summed E-state index contributed by atoms with van der Waals surface area (Å²) in [4.78, 5) is 13.9. The largest absolute Gasteiger partial charge is 0.352 e. The number of likely N-dealkylation sites (tertiary alicyclic amines) is 1. The Morgan fingerprint density at radius 1 is 1.24 bits per heavy atom. The maximum atomic E-state index is 11.4.